The van der Waals surface area contributed by atoms with Gasteiger partial charge >= 0.3 is 0 Å². The number of hydrogen-bond donors (Lipinski definition) is 1. The molecule has 0 spiro atoms. The minimum absolute atomic E-state index is 0.122. The van der Waals surface area contributed by atoms with Gasteiger partial charge in [-0.25, -0.2) is 8.78 Å². The van der Waals surface area contributed by atoms with E-state index < -0.39 is 17.7 Å². The summed E-state index contributed by atoms with van der Waals surface area (Å²) in [6.07, 6.45) is -1.17. The molecule has 2 nitrogen and oxygen atoms in total. The lowest BCUT2D eigenvalue weighted by Gasteiger charge is -2.16. The molecule has 106 valence electrons. The van der Waals surface area contributed by atoms with Crippen molar-refractivity contribution in [2.24, 2.45) is 0 Å². The highest BCUT2D eigenvalue weighted by Gasteiger charge is 2.18. The van der Waals surface area contributed by atoms with Crippen LogP contribution in [0.3, 0.4) is 0 Å². The molecule has 2 aromatic rings. The third kappa shape index (κ3) is 2.96. The standard InChI is InChI=1S/C16H16F2O2/c1-10-6-7-16(20-2)12(8-10)15(19)9-11-13(17)4-3-5-14(11)18/h3-8,15,19H,9H2,1-2H3. The van der Waals surface area contributed by atoms with Crippen LogP contribution in [0.2, 0.25) is 0 Å². The summed E-state index contributed by atoms with van der Waals surface area (Å²) in [5.74, 6) is -0.814. The number of aliphatic hydroxyl groups excluding tert-OH is 1. The molecule has 1 N–H and O–H groups in total. The fourth-order valence-corrected chi connectivity index (χ4v) is 2.14. The van der Waals surface area contributed by atoms with Crippen molar-refractivity contribution >= 4 is 0 Å². The van der Waals surface area contributed by atoms with E-state index in [-0.39, 0.29) is 12.0 Å². The Hall–Kier alpha value is -1.94. The summed E-state index contributed by atoms with van der Waals surface area (Å²) >= 11 is 0. The summed E-state index contributed by atoms with van der Waals surface area (Å²) in [4.78, 5) is 0. The number of rotatable bonds is 4. The molecule has 0 radical (unpaired) electrons. The Morgan fingerprint density at radius 2 is 1.80 bits per heavy atom. The number of benzene rings is 2. The number of aliphatic hydroxyl groups is 1. The van der Waals surface area contributed by atoms with E-state index in [9.17, 15) is 13.9 Å². The van der Waals surface area contributed by atoms with Gasteiger partial charge in [0.1, 0.15) is 17.4 Å². The maximum atomic E-state index is 13.6. The number of halogens is 2. The molecule has 0 heterocycles. The van der Waals surface area contributed by atoms with E-state index in [0.717, 1.165) is 5.56 Å². The molecule has 0 amide bonds. The summed E-state index contributed by atoms with van der Waals surface area (Å²) < 4.78 is 32.4. The summed E-state index contributed by atoms with van der Waals surface area (Å²) in [5, 5.41) is 10.2. The Balaban J connectivity index is 2.33. The number of hydrogen-bond acceptors (Lipinski definition) is 2. The molecule has 0 bridgehead atoms. The zero-order valence-electron chi connectivity index (χ0n) is 11.4. The number of aryl methyl sites for hydroxylation is 1. The molecule has 4 heteroatoms. The maximum absolute atomic E-state index is 13.6. The predicted octanol–water partition coefficient (Wildman–Crippen LogP) is 3.56. The molecule has 1 unspecified atom stereocenters. The predicted molar refractivity (Wildman–Crippen MR) is 72.8 cm³/mol. The van der Waals surface area contributed by atoms with Gasteiger partial charge in [-0.15, -0.1) is 0 Å². The van der Waals surface area contributed by atoms with Crippen molar-refractivity contribution < 1.29 is 18.6 Å². The molecule has 2 aromatic carbocycles. The van der Waals surface area contributed by atoms with Gasteiger partial charge in [0, 0.05) is 17.5 Å². The van der Waals surface area contributed by atoms with Crippen molar-refractivity contribution in [3.8, 4) is 5.75 Å². The lowest BCUT2D eigenvalue weighted by Crippen LogP contribution is -2.07. The first-order valence-corrected chi connectivity index (χ1v) is 6.28. The average Bonchev–Trinajstić information content (AvgIpc) is 2.43. The van der Waals surface area contributed by atoms with Crippen LogP contribution in [-0.4, -0.2) is 12.2 Å². The van der Waals surface area contributed by atoms with Crippen molar-refractivity contribution in [3.05, 3.63) is 64.7 Å². The zero-order valence-corrected chi connectivity index (χ0v) is 11.4. The first-order chi connectivity index (χ1) is 9.52. The lowest BCUT2D eigenvalue weighted by molar-refractivity contribution is 0.171. The van der Waals surface area contributed by atoms with Gasteiger partial charge in [0.25, 0.3) is 0 Å². The highest BCUT2D eigenvalue weighted by atomic mass is 19.1. The Morgan fingerprint density at radius 1 is 1.15 bits per heavy atom. The Labute approximate surface area is 116 Å². The van der Waals surface area contributed by atoms with Crippen LogP contribution in [0.5, 0.6) is 5.75 Å². The van der Waals surface area contributed by atoms with E-state index in [2.05, 4.69) is 0 Å². The van der Waals surface area contributed by atoms with Gasteiger partial charge in [-0.2, -0.15) is 0 Å². The second-order valence-corrected chi connectivity index (χ2v) is 4.67. The summed E-state index contributed by atoms with van der Waals surface area (Å²) in [5.41, 5.74) is 1.34. The van der Waals surface area contributed by atoms with E-state index in [4.69, 9.17) is 4.74 Å². The van der Waals surface area contributed by atoms with Crippen LogP contribution in [0.15, 0.2) is 36.4 Å². The normalized spacial score (nSPS) is 12.2. The molecule has 1 atom stereocenters. The van der Waals surface area contributed by atoms with Crippen molar-refractivity contribution in [2.45, 2.75) is 19.4 Å². The fraction of sp³-hybridized carbons (Fsp3) is 0.250. The van der Waals surface area contributed by atoms with Crippen LogP contribution in [0.4, 0.5) is 8.78 Å². The van der Waals surface area contributed by atoms with E-state index in [0.29, 0.717) is 11.3 Å². The van der Waals surface area contributed by atoms with Crippen LogP contribution < -0.4 is 4.74 Å². The molecule has 0 aromatic heterocycles. The minimum atomic E-state index is -1.03. The molecule has 0 saturated heterocycles. The molecule has 20 heavy (non-hydrogen) atoms. The maximum Gasteiger partial charge on any atom is 0.129 e. The van der Waals surface area contributed by atoms with Gasteiger partial charge in [-0.05, 0) is 31.2 Å². The van der Waals surface area contributed by atoms with Gasteiger partial charge in [0.2, 0.25) is 0 Å². The number of ether oxygens (including phenoxy) is 1. The van der Waals surface area contributed by atoms with Gasteiger partial charge in [0.05, 0.1) is 13.2 Å². The Bertz CT molecular complexity index is 591. The Kier molecular flexibility index (Phi) is 4.35. The SMILES string of the molecule is COc1ccc(C)cc1C(O)Cc1c(F)cccc1F. The number of methoxy groups -OCH3 is 1. The average molecular weight is 278 g/mol. The zero-order chi connectivity index (χ0) is 14.7. The monoisotopic (exact) mass is 278 g/mol. The first kappa shape index (κ1) is 14.5. The molecule has 0 saturated carbocycles. The second-order valence-electron chi connectivity index (χ2n) is 4.67. The molecular weight excluding hydrogens is 262 g/mol. The Morgan fingerprint density at radius 3 is 2.40 bits per heavy atom. The summed E-state index contributed by atoms with van der Waals surface area (Å²) in [7, 11) is 1.49. The minimum Gasteiger partial charge on any atom is -0.496 e. The van der Waals surface area contributed by atoms with Gasteiger partial charge in [-0.3, -0.25) is 0 Å². The molecular formula is C16H16F2O2. The van der Waals surface area contributed by atoms with Crippen molar-refractivity contribution in [1.82, 2.24) is 0 Å². The summed E-state index contributed by atoms with van der Waals surface area (Å²) in [6, 6.07) is 8.98. The van der Waals surface area contributed by atoms with Crippen molar-refractivity contribution in [3.63, 3.8) is 0 Å². The quantitative estimate of drug-likeness (QED) is 0.926. The van der Waals surface area contributed by atoms with Gasteiger partial charge in [0.15, 0.2) is 0 Å². The van der Waals surface area contributed by atoms with Crippen LogP contribution >= 0.6 is 0 Å². The largest absolute Gasteiger partial charge is 0.496 e. The topological polar surface area (TPSA) is 29.5 Å². The second kappa shape index (κ2) is 6.01. The van der Waals surface area contributed by atoms with Gasteiger partial charge < -0.3 is 9.84 Å². The van der Waals surface area contributed by atoms with E-state index >= 15 is 0 Å². The van der Waals surface area contributed by atoms with Crippen molar-refractivity contribution in [2.75, 3.05) is 7.11 Å². The van der Waals surface area contributed by atoms with E-state index in [1.54, 1.807) is 12.1 Å². The van der Waals surface area contributed by atoms with Crippen LogP contribution in [0.1, 0.15) is 22.8 Å². The third-order valence-corrected chi connectivity index (χ3v) is 3.20. The molecule has 0 aliphatic rings. The van der Waals surface area contributed by atoms with Crippen LogP contribution in [0, 0.1) is 18.6 Å². The molecule has 0 fully saturated rings. The van der Waals surface area contributed by atoms with Crippen LogP contribution in [-0.2, 0) is 6.42 Å². The molecule has 0 aliphatic carbocycles. The molecule has 2 rings (SSSR count). The first-order valence-electron chi connectivity index (χ1n) is 6.28. The smallest absolute Gasteiger partial charge is 0.129 e. The summed E-state index contributed by atoms with van der Waals surface area (Å²) in [6.45, 7) is 1.87. The highest BCUT2D eigenvalue weighted by molar-refractivity contribution is 5.39. The van der Waals surface area contributed by atoms with E-state index in [1.807, 2.05) is 13.0 Å². The van der Waals surface area contributed by atoms with E-state index in [1.165, 1.54) is 25.3 Å². The third-order valence-electron chi connectivity index (χ3n) is 3.20. The lowest BCUT2D eigenvalue weighted by atomic mass is 9.98. The highest BCUT2D eigenvalue weighted by Crippen LogP contribution is 2.29. The van der Waals surface area contributed by atoms with Crippen molar-refractivity contribution in [1.29, 1.82) is 0 Å². The van der Waals surface area contributed by atoms with Crippen LogP contribution in [0.25, 0.3) is 0 Å². The van der Waals surface area contributed by atoms with Gasteiger partial charge in [-0.1, -0.05) is 17.7 Å². The molecule has 0 aliphatic heterocycles. The fourth-order valence-electron chi connectivity index (χ4n) is 2.14.